The molecule has 0 saturated carbocycles. The number of hydrogen-bond donors (Lipinski definition) is 1. The highest BCUT2D eigenvalue weighted by atomic mass is 35.5. The first kappa shape index (κ1) is 17.6. The lowest BCUT2D eigenvalue weighted by Crippen LogP contribution is -2.20. The molecule has 1 amide bonds. The fourth-order valence-corrected chi connectivity index (χ4v) is 2.43. The molecular weight excluding hydrogens is 333 g/mol. The standard InChI is InChI=1S/C17H19Cl2N3O/c1-3-4-8-22(2)13-9-12(10-20-11-13)17(23)21-15-7-5-6-14(18)16(15)19/h5-7,9-11H,3-4,8H2,1-2H3,(H,21,23). The van der Waals surface area contributed by atoms with Crippen LogP contribution < -0.4 is 10.2 Å². The topological polar surface area (TPSA) is 45.2 Å². The summed E-state index contributed by atoms with van der Waals surface area (Å²) in [5, 5.41) is 3.49. The number of carbonyl (C=O) groups excluding carboxylic acids is 1. The number of anilines is 2. The molecule has 0 aliphatic rings. The third kappa shape index (κ3) is 4.60. The first-order valence-corrected chi connectivity index (χ1v) is 8.20. The zero-order valence-corrected chi connectivity index (χ0v) is 14.7. The quantitative estimate of drug-likeness (QED) is 0.806. The first-order valence-electron chi connectivity index (χ1n) is 7.44. The number of halogens is 2. The fraction of sp³-hybridized carbons (Fsp3) is 0.294. The summed E-state index contributed by atoms with van der Waals surface area (Å²) in [6.07, 6.45) is 5.49. The summed E-state index contributed by atoms with van der Waals surface area (Å²) in [6.45, 7) is 3.06. The van der Waals surface area contributed by atoms with Gasteiger partial charge >= 0.3 is 0 Å². The average molecular weight is 352 g/mol. The van der Waals surface area contributed by atoms with Gasteiger partial charge in [-0.1, -0.05) is 42.6 Å². The van der Waals surface area contributed by atoms with Crippen LogP contribution in [0.4, 0.5) is 11.4 Å². The molecule has 0 aliphatic heterocycles. The first-order chi connectivity index (χ1) is 11.0. The number of pyridine rings is 1. The molecule has 4 nitrogen and oxygen atoms in total. The highest BCUT2D eigenvalue weighted by Crippen LogP contribution is 2.29. The molecule has 1 heterocycles. The lowest BCUT2D eigenvalue weighted by molar-refractivity contribution is 0.102. The van der Waals surface area contributed by atoms with E-state index in [1.54, 1.807) is 24.4 Å². The van der Waals surface area contributed by atoms with Crippen molar-refractivity contribution in [1.29, 1.82) is 0 Å². The number of hydrogen-bond acceptors (Lipinski definition) is 3. The van der Waals surface area contributed by atoms with Crippen LogP contribution in [-0.2, 0) is 0 Å². The van der Waals surface area contributed by atoms with Crippen LogP contribution in [0, 0.1) is 0 Å². The van der Waals surface area contributed by atoms with Crippen molar-refractivity contribution in [2.75, 3.05) is 23.8 Å². The van der Waals surface area contributed by atoms with Gasteiger partial charge in [-0.2, -0.15) is 0 Å². The maximum absolute atomic E-state index is 12.4. The molecule has 0 atom stereocenters. The van der Waals surface area contributed by atoms with E-state index in [0.717, 1.165) is 25.1 Å². The largest absolute Gasteiger partial charge is 0.373 e. The van der Waals surface area contributed by atoms with Crippen molar-refractivity contribution >= 4 is 40.5 Å². The number of aromatic nitrogens is 1. The zero-order chi connectivity index (χ0) is 16.8. The molecule has 0 saturated heterocycles. The van der Waals surface area contributed by atoms with Gasteiger partial charge in [0.05, 0.1) is 33.2 Å². The van der Waals surface area contributed by atoms with Crippen LogP contribution in [0.5, 0.6) is 0 Å². The van der Waals surface area contributed by atoms with Crippen molar-refractivity contribution in [2.24, 2.45) is 0 Å². The van der Waals surface area contributed by atoms with Gasteiger partial charge in [-0.3, -0.25) is 9.78 Å². The molecule has 23 heavy (non-hydrogen) atoms. The van der Waals surface area contributed by atoms with Gasteiger partial charge in [-0.25, -0.2) is 0 Å². The Kier molecular flexibility index (Phi) is 6.25. The Morgan fingerprint density at radius 2 is 2.09 bits per heavy atom. The molecule has 1 aromatic carbocycles. The van der Waals surface area contributed by atoms with E-state index in [1.807, 2.05) is 13.1 Å². The molecule has 6 heteroatoms. The van der Waals surface area contributed by atoms with Gasteiger partial charge < -0.3 is 10.2 Å². The number of carbonyl (C=O) groups is 1. The monoisotopic (exact) mass is 351 g/mol. The van der Waals surface area contributed by atoms with Crippen LogP contribution in [-0.4, -0.2) is 24.5 Å². The number of amides is 1. The normalized spacial score (nSPS) is 10.4. The van der Waals surface area contributed by atoms with E-state index in [1.165, 1.54) is 6.20 Å². The number of rotatable bonds is 6. The Labute approximate surface area is 146 Å². The molecule has 0 radical (unpaired) electrons. The summed E-state index contributed by atoms with van der Waals surface area (Å²) in [7, 11) is 1.99. The molecule has 1 aromatic heterocycles. The van der Waals surface area contributed by atoms with Crippen LogP contribution >= 0.6 is 23.2 Å². The predicted molar refractivity (Wildman–Crippen MR) is 96.8 cm³/mol. The zero-order valence-electron chi connectivity index (χ0n) is 13.1. The van der Waals surface area contributed by atoms with Crippen molar-refractivity contribution in [3.8, 4) is 0 Å². The van der Waals surface area contributed by atoms with E-state index in [-0.39, 0.29) is 5.91 Å². The third-order valence-corrected chi connectivity index (χ3v) is 4.29. The van der Waals surface area contributed by atoms with E-state index in [4.69, 9.17) is 23.2 Å². The van der Waals surface area contributed by atoms with Gasteiger partial charge in [0.25, 0.3) is 5.91 Å². The average Bonchev–Trinajstić information content (AvgIpc) is 2.57. The summed E-state index contributed by atoms with van der Waals surface area (Å²) < 4.78 is 0. The second-order valence-corrected chi connectivity index (χ2v) is 6.05. The molecular formula is C17H19Cl2N3O. The Hall–Kier alpha value is -1.78. The maximum atomic E-state index is 12.4. The Morgan fingerprint density at radius 3 is 2.83 bits per heavy atom. The minimum Gasteiger partial charge on any atom is -0.373 e. The highest BCUT2D eigenvalue weighted by molar-refractivity contribution is 6.44. The van der Waals surface area contributed by atoms with Gasteiger partial charge in [0.1, 0.15) is 0 Å². The van der Waals surface area contributed by atoms with Gasteiger partial charge in [0, 0.05) is 19.8 Å². The molecule has 1 N–H and O–H groups in total. The molecule has 2 rings (SSSR count). The summed E-state index contributed by atoms with van der Waals surface area (Å²) in [6, 6.07) is 6.93. The summed E-state index contributed by atoms with van der Waals surface area (Å²) >= 11 is 12.0. The second kappa shape index (κ2) is 8.18. The molecule has 122 valence electrons. The van der Waals surface area contributed by atoms with E-state index in [2.05, 4.69) is 22.1 Å². The maximum Gasteiger partial charge on any atom is 0.257 e. The minimum absolute atomic E-state index is 0.271. The number of unbranched alkanes of at least 4 members (excludes halogenated alkanes) is 1. The van der Waals surface area contributed by atoms with Gasteiger partial charge in [0.15, 0.2) is 0 Å². The fourth-order valence-electron chi connectivity index (χ4n) is 2.08. The lowest BCUT2D eigenvalue weighted by Gasteiger charge is -2.19. The number of nitrogens with one attached hydrogen (secondary N) is 1. The van der Waals surface area contributed by atoms with Crippen LogP contribution in [0.3, 0.4) is 0 Å². The van der Waals surface area contributed by atoms with E-state index >= 15 is 0 Å². The van der Waals surface area contributed by atoms with Crippen molar-refractivity contribution in [2.45, 2.75) is 19.8 Å². The van der Waals surface area contributed by atoms with Crippen molar-refractivity contribution in [3.63, 3.8) is 0 Å². The predicted octanol–water partition coefficient (Wildman–Crippen LogP) is 4.88. The van der Waals surface area contributed by atoms with Crippen molar-refractivity contribution in [1.82, 2.24) is 4.98 Å². The summed E-state index contributed by atoms with van der Waals surface area (Å²) in [4.78, 5) is 18.6. The second-order valence-electron chi connectivity index (χ2n) is 5.26. The van der Waals surface area contributed by atoms with E-state index in [0.29, 0.717) is 21.3 Å². The number of nitrogens with zero attached hydrogens (tertiary/aromatic N) is 2. The summed E-state index contributed by atoms with van der Waals surface area (Å²) in [5.41, 5.74) is 1.86. The van der Waals surface area contributed by atoms with Crippen molar-refractivity contribution < 1.29 is 4.79 Å². The van der Waals surface area contributed by atoms with Gasteiger partial charge in [0.2, 0.25) is 0 Å². The summed E-state index contributed by atoms with van der Waals surface area (Å²) in [5.74, 6) is -0.271. The molecule has 0 aliphatic carbocycles. The Balaban J connectivity index is 2.15. The lowest BCUT2D eigenvalue weighted by atomic mass is 10.2. The molecule has 0 fully saturated rings. The molecule has 0 bridgehead atoms. The molecule has 2 aromatic rings. The van der Waals surface area contributed by atoms with Crippen LogP contribution in [0.15, 0.2) is 36.7 Å². The molecule has 0 unspecified atom stereocenters. The van der Waals surface area contributed by atoms with Crippen molar-refractivity contribution in [3.05, 3.63) is 52.3 Å². The Morgan fingerprint density at radius 1 is 1.30 bits per heavy atom. The van der Waals surface area contributed by atoms with Crippen LogP contribution in [0.25, 0.3) is 0 Å². The smallest absolute Gasteiger partial charge is 0.257 e. The van der Waals surface area contributed by atoms with E-state index < -0.39 is 0 Å². The van der Waals surface area contributed by atoms with Gasteiger partial charge in [-0.15, -0.1) is 0 Å². The van der Waals surface area contributed by atoms with Crippen LogP contribution in [0.2, 0.25) is 10.0 Å². The third-order valence-electron chi connectivity index (χ3n) is 3.47. The molecule has 0 spiro atoms. The van der Waals surface area contributed by atoms with E-state index in [9.17, 15) is 4.79 Å². The van der Waals surface area contributed by atoms with Gasteiger partial charge in [-0.05, 0) is 24.6 Å². The highest BCUT2D eigenvalue weighted by Gasteiger charge is 2.12. The van der Waals surface area contributed by atoms with Crippen LogP contribution in [0.1, 0.15) is 30.1 Å². The Bertz CT molecular complexity index is 691. The SMILES string of the molecule is CCCCN(C)c1cncc(C(=O)Nc2cccc(Cl)c2Cl)c1. The minimum atomic E-state index is -0.271. The number of benzene rings is 1.